The van der Waals surface area contributed by atoms with Crippen LogP contribution in [0.1, 0.15) is 64.7 Å². The number of terminal acetylenes is 1. The number of rotatable bonds is 0. The molecule has 1 heteroatoms. The molecule has 0 aromatic rings. The number of hydrogen-bond donors (Lipinski definition) is 0. The van der Waals surface area contributed by atoms with Gasteiger partial charge in [0, 0.05) is 6.42 Å². The lowest BCUT2D eigenvalue weighted by Gasteiger charge is -2.55. The summed E-state index contributed by atoms with van der Waals surface area (Å²) in [6, 6.07) is 0. The lowest BCUT2D eigenvalue weighted by molar-refractivity contribution is -0.130. The maximum atomic E-state index is 12.1. The fourth-order valence-corrected chi connectivity index (χ4v) is 6.81. The van der Waals surface area contributed by atoms with Gasteiger partial charge in [-0.3, -0.25) is 4.79 Å². The van der Waals surface area contributed by atoms with Gasteiger partial charge in [0.15, 0.2) is 0 Å². The Hall–Kier alpha value is -0.770. The van der Waals surface area contributed by atoms with Crippen LogP contribution in [0, 0.1) is 53.3 Å². The van der Waals surface area contributed by atoms with E-state index in [0.29, 0.717) is 17.1 Å². The molecule has 0 saturated heterocycles. The van der Waals surface area contributed by atoms with Crippen LogP contribution in [0.4, 0.5) is 0 Å². The predicted octanol–water partition coefficient (Wildman–Crippen LogP) is 4.46. The molecular formula is C20H28O. The second-order valence-electron chi connectivity index (χ2n) is 8.65. The molecule has 4 saturated carbocycles. The quantitative estimate of drug-likeness (QED) is 0.600. The van der Waals surface area contributed by atoms with Crippen molar-refractivity contribution in [1.29, 1.82) is 0 Å². The van der Waals surface area contributed by atoms with E-state index >= 15 is 0 Å². The highest BCUT2D eigenvalue weighted by Crippen LogP contribution is 2.62. The number of carbonyl (C=O) groups is 1. The average molecular weight is 284 g/mol. The molecule has 4 fully saturated rings. The Morgan fingerprint density at radius 2 is 1.95 bits per heavy atom. The van der Waals surface area contributed by atoms with E-state index in [0.717, 1.165) is 36.5 Å². The summed E-state index contributed by atoms with van der Waals surface area (Å²) in [4.78, 5) is 12.1. The van der Waals surface area contributed by atoms with Crippen molar-refractivity contribution in [2.24, 2.45) is 40.9 Å². The Bertz CT molecular complexity index is 487. The van der Waals surface area contributed by atoms with Gasteiger partial charge in [0.1, 0.15) is 5.78 Å². The molecule has 0 amide bonds. The van der Waals surface area contributed by atoms with E-state index in [4.69, 9.17) is 6.42 Å². The summed E-state index contributed by atoms with van der Waals surface area (Å²) in [6.45, 7) is 2.56. The van der Waals surface area contributed by atoms with Crippen molar-refractivity contribution in [3.8, 4) is 12.3 Å². The maximum absolute atomic E-state index is 12.1. The molecule has 0 aromatic carbocycles. The van der Waals surface area contributed by atoms with Gasteiger partial charge in [0.25, 0.3) is 0 Å². The van der Waals surface area contributed by atoms with Crippen LogP contribution in [0.2, 0.25) is 0 Å². The van der Waals surface area contributed by atoms with Gasteiger partial charge in [0.05, 0.1) is 5.92 Å². The summed E-state index contributed by atoms with van der Waals surface area (Å²) in [5.74, 6) is 7.29. The van der Waals surface area contributed by atoms with Crippen LogP contribution in [-0.2, 0) is 4.79 Å². The van der Waals surface area contributed by atoms with Crippen LogP contribution in [-0.4, -0.2) is 5.78 Å². The molecule has 4 aliphatic rings. The smallest absolute Gasteiger partial charge is 0.148 e. The van der Waals surface area contributed by atoms with Gasteiger partial charge in [-0.05, 0) is 80.0 Å². The van der Waals surface area contributed by atoms with Crippen LogP contribution >= 0.6 is 0 Å². The van der Waals surface area contributed by atoms with Crippen molar-refractivity contribution in [2.45, 2.75) is 64.7 Å². The van der Waals surface area contributed by atoms with E-state index in [-0.39, 0.29) is 5.92 Å². The first-order valence-electron chi connectivity index (χ1n) is 9.11. The predicted molar refractivity (Wildman–Crippen MR) is 84.4 cm³/mol. The van der Waals surface area contributed by atoms with Crippen LogP contribution in [0.15, 0.2) is 0 Å². The molecule has 0 bridgehead atoms. The molecule has 0 aromatic heterocycles. The average Bonchev–Trinajstić information content (AvgIpc) is 2.88. The number of fused-ring (bicyclic) bond motifs is 5. The van der Waals surface area contributed by atoms with Gasteiger partial charge in [-0.15, -0.1) is 6.42 Å². The first-order valence-corrected chi connectivity index (χ1v) is 9.11. The van der Waals surface area contributed by atoms with Crippen molar-refractivity contribution < 1.29 is 4.79 Å². The molecular weight excluding hydrogens is 256 g/mol. The highest BCUT2D eigenvalue weighted by atomic mass is 16.1. The molecule has 7 atom stereocenters. The normalized spacial score (nSPS) is 52.5. The third-order valence-corrected chi connectivity index (χ3v) is 7.86. The van der Waals surface area contributed by atoms with E-state index in [9.17, 15) is 4.79 Å². The van der Waals surface area contributed by atoms with Crippen LogP contribution in [0.5, 0.6) is 0 Å². The summed E-state index contributed by atoms with van der Waals surface area (Å²) >= 11 is 0. The van der Waals surface area contributed by atoms with Crippen LogP contribution in [0.3, 0.4) is 0 Å². The number of hydrogen-bond acceptors (Lipinski definition) is 1. The minimum atomic E-state index is -0.0677. The lowest BCUT2D eigenvalue weighted by atomic mass is 9.50. The van der Waals surface area contributed by atoms with Crippen LogP contribution in [0.25, 0.3) is 0 Å². The minimum Gasteiger partial charge on any atom is -0.298 e. The molecule has 2 unspecified atom stereocenters. The third kappa shape index (κ3) is 2.01. The van der Waals surface area contributed by atoms with Gasteiger partial charge < -0.3 is 0 Å². The van der Waals surface area contributed by atoms with Crippen molar-refractivity contribution in [3.63, 3.8) is 0 Å². The third-order valence-electron chi connectivity index (χ3n) is 7.86. The number of carbonyl (C=O) groups excluding carboxylic acids is 1. The largest absolute Gasteiger partial charge is 0.298 e. The Morgan fingerprint density at radius 1 is 1.10 bits per heavy atom. The molecule has 114 valence electrons. The van der Waals surface area contributed by atoms with E-state index in [1.165, 1.54) is 44.9 Å². The Morgan fingerprint density at radius 3 is 2.76 bits per heavy atom. The van der Waals surface area contributed by atoms with Crippen molar-refractivity contribution in [1.82, 2.24) is 0 Å². The first kappa shape index (κ1) is 13.9. The van der Waals surface area contributed by atoms with Crippen LogP contribution < -0.4 is 0 Å². The van der Waals surface area contributed by atoms with Crippen molar-refractivity contribution >= 4 is 5.78 Å². The van der Waals surface area contributed by atoms with Crippen molar-refractivity contribution in [3.05, 3.63) is 0 Å². The molecule has 21 heavy (non-hydrogen) atoms. The second-order valence-corrected chi connectivity index (χ2v) is 8.65. The molecule has 0 N–H and O–H groups in total. The minimum absolute atomic E-state index is 0.0677. The molecule has 4 rings (SSSR count). The summed E-state index contributed by atoms with van der Waals surface area (Å²) in [7, 11) is 0. The van der Waals surface area contributed by atoms with E-state index in [1.54, 1.807) is 0 Å². The fraction of sp³-hybridized carbons (Fsp3) is 0.850. The Kier molecular flexibility index (Phi) is 3.21. The second kappa shape index (κ2) is 4.87. The highest BCUT2D eigenvalue weighted by Gasteiger charge is 2.54. The Balaban J connectivity index is 1.59. The zero-order valence-electron chi connectivity index (χ0n) is 13.3. The summed E-state index contributed by atoms with van der Waals surface area (Å²) in [5.41, 5.74) is 0.643. The van der Waals surface area contributed by atoms with E-state index in [1.807, 2.05) is 0 Å². The maximum Gasteiger partial charge on any atom is 0.148 e. The molecule has 4 aliphatic carbocycles. The SMILES string of the molecule is C#CC1C[C@H]2C(CC[C@@H]3[C@@H]2CC[C@]2(C)CCC[C@@H]32)CC1=O. The van der Waals surface area contributed by atoms with Gasteiger partial charge in [-0.2, -0.15) is 0 Å². The molecule has 0 aliphatic heterocycles. The van der Waals surface area contributed by atoms with Gasteiger partial charge in [0.2, 0.25) is 0 Å². The molecule has 0 heterocycles. The van der Waals surface area contributed by atoms with Gasteiger partial charge in [-0.1, -0.05) is 19.3 Å². The summed E-state index contributed by atoms with van der Waals surface area (Å²) < 4.78 is 0. The lowest BCUT2D eigenvalue weighted by Crippen LogP contribution is -2.48. The Labute approximate surface area is 129 Å². The highest BCUT2D eigenvalue weighted by molar-refractivity contribution is 5.84. The van der Waals surface area contributed by atoms with Crippen molar-refractivity contribution in [2.75, 3.05) is 0 Å². The van der Waals surface area contributed by atoms with Gasteiger partial charge in [-0.25, -0.2) is 0 Å². The molecule has 0 spiro atoms. The molecule has 1 nitrogen and oxygen atoms in total. The number of Topliss-reactive ketones (excluding diaryl/α,β-unsaturated/α-hetero) is 1. The monoisotopic (exact) mass is 284 g/mol. The zero-order valence-corrected chi connectivity index (χ0v) is 13.3. The standard InChI is InChI=1S/C20H28O/c1-3-13-11-17-14(12-19(13)21)6-7-16-15(17)8-10-20(2)9-4-5-18(16)20/h1,13-18H,4-12H2,2H3/t13?,14?,15-,16+,17-,18-,20-/m0/s1. The topological polar surface area (TPSA) is 17.1 Å². The summed E-state index contributed by atoms with van der Waals surface area (Å²) in [6.07, 6.45) is 17.3. The molecule has 0 radical (unpaired) electrons. The first-order chi connectivity index (χ1) is 10.1. The zero-order chi connectivity index (χ0) is 14.6. The summed E-state index contributed by atoms with van der Waals surface area (Å²) in [5, 5.41) is 0. The number of ketones is 1. The van der Waals surface area contributed by atoms with Gasteiger partial charge >= 0.3 is 0 Å². The fourth-order valence-electron chi connectivity index (χ4n) is 6.81. The van der Waals surface area contributed by atoms with E-state index in [2.05, 4.69) is 12.8 Å². The van der Waals surface area contributed by atoms with E-state index < -0.39 is 0 Å².